The van der Waals surface area contributed by atoms with Gasteiger partial charge < -0.3 is 14.9 Å². The molecule has 2 N–H and O–H groups in total. The summed E-state index contributed by atoms with van der Waals surface area (Å²) < 4.78 is 18.1. The maximum atomic E-state index is 12.7. The molecule has 0 aliphatic carbocycles. The lowest BCUT2D eigenvalue weighted by Gasteiger charge is -2.08. The number of ether oxygens (including phenoxy) is 1. The van der Waals surface area contributed by atoms with Gasteiger partial charge in [-0.1, -0.05) is 6.07 Å². The molecule has 2 aromatic carbocycles. The Morgan fingerprint density at radius 1 is 1.06 bits per heavy atom. The zero-order valence-corrected chi connectivity index (χ0v) is 8.93. The summed E-state index contributed by atoms with van der Waals surface area (Å²) in [5, 5.41) is 18.7. The average Bonchev–Trinajstić information content (AvgIpc) is 2.28. The zero-order valence-electron chi connectivity index (χ0n) is 8.93. The number of aromatic hydroxyl groups is 2. The molecule has 2 aromatic rings. The predicted molar refractivity (Wildman–Crippen MR) is 60.5 cm³/mol. The Kier molecular flexibility index (Phi) is 3.14. The maximum absolute atomic E-state index is 12.7. The van der Waals surface area contributed by atoms with Gasteiger partial charge in [0.1, 0.15) is 29.7 Å². The van der Waals surface area contributed by atoms with Gasteiger partial charge in [0.2, 0.25) is 0 Å². The van der Waals surface area contributed by atoms with Crippen molar-refractivity contribution in [3.8, 4) is 17.2 Å². The molecule has 0 unspecified atom stereocenters. The Hall–Kier alpha value is -2.23. The van der Waals surface area contributed by atoms with Gasteiger partial charge in [-0.05, 0) is 24.3 Å². The van der Waals surface area contributed by atoms with Gasteiger partial charge in [-0.15, -0.1) is 0 Å². The van der Waals surface area contributed by atoms with Gasteiger partial charge in [-0.2, -0.15) is 0 Å². The largest absolute Gasteiger partial charge is 0.508 e. The highest BCUT2D eigenvalue weighted by molar-refractivity contribution is 5.34. The number of rotatable bonds is 3. The van der Waals surface area contributed by atoms with Crippen LogP contribution in [0.4, 0.5) is 4.39 Å². The molecule has 0 radical (unpaired) electrons. The molecule has 3 nitrogen and oxygen atoms in total. The van der Waals surface area contributed by atoms with E-state index in [1.54, 1.807) is 12.1 Å². The molecule has 4 heteroatoms. The van der Waals surface area contributed by atoms with Crippen LogP contribution in [0.15, 0.2) is 42.5 Å². The van der Waals surface area contributed by atoms with Gasteiger partial charge in [0.15, 0.2) is 0 Å². The molecule has 0 saturated carbocycles. The van der Waals surface area contributed by atoms with Gasteiger partial charge in [-0.3, -0.25) is 0 Å². The van der Waals surface area contributed by atoms with Gasteiger partial charge in [0.05, 0.1) is 0 Å². The van der Waals surface area contributed by atoms with Crippen LogP contribution in [0.1, 0.15) is 5.56 Å². The van der Waals surface area contributed by atoms with Crippen molar-refractivity contribution in [1.29, 1.82) is 0 Å². The topological polar surface area (TPSA) is 49.7 Å². The summed E-state index contributed by atoms with van der Waals surface area (Å²) in [6.07, 6.45) is 0. The number of hydrogen-bond donors (Lipinski definition) is 2. The molecule has 0 fully saturated rings. The molecule has 0 aromatic heterocycles. The van der Waals surface area contributed by atoms with Crippen molar-refractivity contribution in [1.82, 2.24) is 0 Å². The molecule has 88 valence electrons. The third-order valence-corrected chi connectivity index (χ3v) is 2.26. The van der Waals surface area contributed by atoms with Crippen molar-refractivity contribution >= 4 is 0 Å². The standard InChI is InChI=1S/C13H11FO3/c14-10-5-4-9(13(16)6-10)8-17-12-3-1-2-11(15)7-12/h1-7,15-16H,8H2. The van der Waals surface area contributed by atoms with E-state index in [1.165, 1.54) is 24.3 Å². The summed E-state index contributed by atoms with van der Waals surface area (Å²) in [6, 6.07) is 10.0. The fourth-order valence-corrected chi connectivity index (χ4v) is 1.39. The third-order valence-electron chi connectivity index (χ3n) is 2.26. The Bertz CT molecular complexity index is 526. The first kappa shape index (κ1) is 11.3. The molecule has 0 heterocycles. The van der Waals surface area contributed by atoms with Crippen LogP contribution in [-0.2, 0) is 6.61 Å². The molecule has 0 atom stereocenters. The monoisotopic (exact) mass is 234 g/mol. The molecular weight excluding hydrogens is 223 g/mol. The summed E-state index contributed by atoms with van der Waals surface area (Å²) in [6.45, 7) is 0.107. The minimum Gasteiger partial charge on any atom is -0.508 e. The quantitative estimate of drug-likeness (QED) is 0.858. The van der Waals surface area contributed by atoms with E-state index in [-0.39, 0.29) is 18.1 Å². The van der Waals surface area contributed by atoms with Crippen molar-refractivity contribution in [3.63, 3.8) is 0 Å². The molecule has 2 rings (SSSR count). The van der Waals surface area contributed by atoms with E-state index in [4.69, 9.17) is 4.74 Å². The van der Waals surface area contributed by atoms with Crippen LogP contribution in [0.25, 0.3) is 0 Å². The van der Waals surface area contributed by atoms with Crippen LogP contribution >= 0.6 is 0 Å². The average molecular weight is 234 g/mol. The number of hydrogen-bond acceptors (Lipinski definition) is 3. The van der Waals surface area contributed by atoms with E-state index in [1.807, 2.05) is 0 Å². The van der Waals surface area contributed by atoms with Crippen LogP contribution in [0.3, 0.4) is 0 Å². The van der Waals surface area contributed by atoms with Crippen LogP contribution in [0, 0.1) is 5.82 Å². The summed E-state index contributed by atoms with van der Waals surface area (Å²) >= 11 is 0. The van der Waals surface area contributed by atoms with Gasteiger partial charge in [-0.25, -0.2) is 4.39 Å². The van der Waals surface area contributed by atoms with Crippen LogP contribution in [-0.4, -0.2) is 10.2 Å². The van der Waals surface area contributed by atoms with Crippen molar-refractivity contribution in [2.45, 2.75) is 6.61 Å². The highest BCUT2D eigenvalue weighted by Crippen LogP contribution is 2.22. The lowest BCUT2D eigenvalue weighted by atomic mass is 10.2. The number of halogens is 1. The first-order valence-corrected chi connectivity index (χ1v) is 5.04. The minimum absolute atomic E-state index is 0.103. The smallest absolute Gasteiger partial charge is 0.126 e. The molecule has 0 saturated heterocycles. The number of phenols is 2. The lowest BCUT2D eigenvalue weighted by Crippen LogP contribution is -1.96. The lowest BCUT2D eigenvalue weighted by molar-refractivity contribution is 0.297. The predicted octanol–water partition coefficient (Wildman–Crippen LogP) is 2.82. The first-order chi connectivity index (χ1) is 8.15. The summed E-state index contributed by atoms with van der Waals surface area (Å²) in [7, 11) is 0. The maximum Gasteiger partial charge on any atom is 0.126 e. The van der Waals surface area contributed by atoms with Crippen molar-refractivity contribution in [2.24, 2.45) is 0 Å². The highest BCUT2D eigenvalue weighted by Gasteiger charge is 2.04. The van der Waals surface area contributed by atoms with Crippen LogP contribution < -0.4 is 4.74 Å². The van der Waals surface area contributed by atoms with E-state index >= 15 is 0 Å². The van der Waals surface area contributed by atoms with Crippen molar-refractivity contribution < 1.29 is 19.3 Å². The van der Waals surface area contributed by atoms with Gasteiger partial charge in [0, 0.05) is 17.7 Å². The third kappa shape index (κ3) is 2.87. The second-order valence-electron chi connectivity index (χ2n) is 3.56. The first-order valence-electron chi connectivity index (χ1n) is 5.04. The van der Waals surface area contributed by atoms with Crippen LogP contribution in [0.2, 0.25) is 0 Å². The highest BCUT2D eigenvalue weighted by atomic mass is 19.1. The number of phenolic OH excluding ortho intramolecular Hbond substituents is 2. The fourth-order valence-electron chi connectivity index (χ4n) is 1.39. The van der Waals surface area contributed by atoms with Gasteiger partial charge >= 0.3 is 0 Å². The van der Waals surface area contributed by atoms with E-state index < -0.39 is 5.82 Å². The molecular formula is C13H11FO3. The van der Waals surface area contributed by atoms with Crippen molar-refractivity contribution in [2.75, 3.05) is 0 Å². The van der Waals surface area contributed by atoms with E-state index in [0.717, 1.165) is 6.07 Å². The summed E-state index contributed by atoms with van der Waals surface area (Å²) in [4.78, 5) is 0. The summed E-state index contributed by atoms with van der Waals surface area (Å²) in [5.41, 5.74) is 0.481. The van der Waals surface area contributed by atoms with Crippen molar-refractivity contribution in [3.05, 3.63) is 53.8 Å². The van der Waals surface area contributed by atoms with E-state index in [0.29, 0.717) is 11.3 Å². The van der Waals surface area contributed by atoms with E-state index in [9.17, 15) is 14.6 Å². The number of benzene rings is 2. The molecule has 0 aliphatic heterocycles. The molecule has 17 heavy (non-hydrogen) atoms. The molecule has 0 bridgehead atoms. The van der Waals surface area contributed by atoms with Crippen LogP contribution in [0.5, 0.6) is 17.2 Å². The van der Waals surface area contributed by atoms with Gasteiger partial charge in [0.25, 0.3) is 0 Å². The summed E-state index contributed by atoms with van der Waals surface area (Å²) in [5.74, 6) is -0.0617. The SMILES string of the molecule is Oc1cccc(OCc2ccc(F)cc2O)c1. The Morgan fingerprint density at radius 2 is 1.88 bits per heavy atom. The normalized spacial score (nSPS) is 10.2. The zero-order chi connectivity index (χ0) is 12.3. The Labute approximate surface area is 97.7 Å². The molecule has 0 spiro atoms. The molecule has 0 aliphatic rings. The Morgan fingerprint density at radius 3 is 2.59 bits per heavy atom. The van der Waals surface area contributed by atoms with E-state index in [2.05, 4.69) is 0 Å². The minimum atomic E-state index is -0.497. The second-order valence-corrected chi connectivity index (χ2v) is 3.56. The molecule has 0 amide bonds. The Balaban J connectivity index is 2.07. The second kappa shape index (κ2) is 4.74. The fraction of sp³-hybridized carbons (Fsp3) is 0.0769.